The van der Waals surface area contributed by atoms with Gasteiger partial charge in [0.25, 0.3) is 0 Å². The van der Waals surface area contributed by atoms with Crippen molar-refractivity contribution in [2.24, 2.45) is 0 Å². The summed E-state index contributed by atoms with van der Waals surface area (Å²) in [6.45, 7) is 9.48. The molecule has 0 N–H and O–H groups in total. The van der Waals surface area contributed by atoms with E-state index >= 15 is 0 Å². The number of para-hydroxylation sites is 2. The Hall–Kier alpha value is -3.81. The molecule has 0 unspecified atom stereocenters. The molecule has 5 aromatic carbocycles. The van der Waals surface area contributed by atoms with Crippen LogP contribution in [0.5, 0.6) is 0 Å². The number of nitrogens with zero attached hydrogens (tertiary/aromatic N) is 1. The molecule has 0 aliphatic heterocycles. The highest BCUT2D eigenvalue weighted by atomic mass is 35.5. The van der Waals surface area contributed by atoms with Crippen LogP contribution in [0.2, 0.25) is 5.02 Å². The molecule has 1 aromatic heterocycles. The van der Waals surface area contributed by atoms with Gasteiger partial charge in [-0.05, 0) is 69.3 Å². The molecule has 0 saturated heterocycles. The summed E-state index contributed by atoms with van der Waals surface area (Å²) in [6.07, 6.45) is 0. The van der Waals surface area contributed by atoms with Crippen LogP contribution in [0.3, 0.4) is 0 Å². The highest BCUT2D eigenvalue weighted by molar-refractivity contribution is 6.30. The Morgan fingerprint density at radius 3 is 1.89 bits per heavy atom. The molecule has 0 bridgehead atoms. The van der Waals surface area contributed by atoms with Crippen molar-refractivity contribution < 1.29 is 0 Å². The zero-order valence-corrected chi connectivity index (χ0v) is 22.8. The molecule has 2 heteroatoms. The third kappa shape index (κ3) is 2.58. The summed E-state index contributed by atoms with van der Waals surface area (Å²) in [7, 11) is 0. The van der Waals surface area contributed by atoms with Crippen LogP contribution in [0.4, 0.5) is 0 Å². The monoisotopic (exact) mass is 509 g/mol. The van der Waals surface area contributed by atoms with Gasteiger partial charge in [-0.15, -0.1) is 0 Å². The van der Waals surface area contributed by atoms with Crippen molar-refractivity contribution in [3.8, 4) is 27.9 Å². The van der Waals surface area contributed by atoms with Crippen molar-refractivity contribution in [1.82, 2.24) is 4.57 Å². The second-order valence-electron chi connectivity index (χ2n) is 11.9. The van der Waals surface area contributed by atoms with Gasteiger partial charge >= 0.3 is 0 Å². The molecule has 0 amide bonds. The maximum atomic E-state index is 6.60. The van der Waals surface area contributed by atoms with E-state index in [1.807, 2.05) is 6.07 Å². The van der Waals surface area contributed by atoms with Crippen LogP contribution in [0.25, 0.3) is 49.7 Å². The number of aromatic nitrogens is 1. The maximum Gasteiger partial charge on any atom is 0.0590 e. The lowest BCUT2D eigenvalue weighted by Gasteiger charge is -2.29. The highest BCUT2D eigenvalue weighted by Gasteiger charge is 2.45. The van der Waals surface area contributed by atoms with Gasteiger partial charge in [0, 0.05) is 32.2 Å². The summed E-state index contributed by atoms with van der Waals surface area (Å²) >= 11 is 6.60. The Balaban J connectivity index is 1.65. The van der Waals surface area contributed by atoms with Gasteiger partial charge in [0.2, 0.25) is 0 Å². The zero-order chi connectivity index (χ0) is 26.0. The van der Waals surface area contributed by atoms with Crippen LogP contribution < -0.4 is 0 Å². The van der Waals surface area contributed by atoms with E-state index in [1.165, 1.54) is 72.0 Å². The minimum atomic E-state index is -0.214. The predicted molar refractivity (Wildman–Crippen MR) is 161 cm³/mol. The Labute approximate surface area is 228 Å². The summed E-state index contributed by atoms with van der Waals surface area (Å²) < 4.78 is 2.55. The van der Waals surface area contributed by atoms with Crippen molar-refractivity contribution in [3.63, 3.8) is 0 Å². The normalized spacial score (nSPS) is 15.9. The largest absolute Gasteiger partial charge is 0.308 e. The minimum Gasteiger partial charge on any atom is -0.308 e. The van der Waals surface area contributed by atoms with E-state index in [0.717, 1.165) is 5.02 Å². The first-order valence-corrected chi connectivity index (χ1v) is 13.8. The molecule has 6 aromatic rings. The highest BCUT2D eigenvalue weighted by Crippen LogP contribution is 2.60. The number of fused-ring (bicyclic) bond motifs is 9. The van der Waals surface area contributed by atoms with Gasteiger partial charge < -0.3 is 4.57 Å². The van der Waals surface area contributed by atoms with Crippen molar-refractivity contribution in [2.45, 2.75) is 38.5 Å². The number of halogens is 1. The quantitative estimate of drug-likeness (QED) is 0.208. The second kappa shape index (κ2) is 7.18. The summed E-state index contributed by atoms with van der Waals surface area (Å²) in [6, 6.07) is 35.6. The number of rotatable bonds is 1. The van der Waals surface area contributed by atoms with Gasteiger partial charge in [0.1, 0.15) is 0 Å². The van der Waals surface area contributed by atoms with Crippen LogP contribution in [0.1, 0.15) is 49.9 Å². The molecule has 0 saturated carbocycles. The molecule has 0 radical (unpaired) electrons. The molecule has 2 aliphatic rings. The zero-order valence-electron chi connectivity index (χ0n) is 22.1. The molecule has 2 aliphatic carbocycles. The fourth-order valence-electron chi connectivity index (χ4n) is 7.46. The standard InChI is InChI=1S/C36H28ClN/c1-35(2)27-14-8-5-13-25(27)32-29(35)20-26-22-18-17-21(37)19-28(22)36(3,4)33(26)34(32)38-30-15-9-6-11-23(30)24-12-7-10-16-31(24)38/h5-20H,1-4H3. The average molecular weight is 510 g/mol. The van der Waals surface area contributed by atoms with Crippen molar-refractivity contribution >= 4 is 33.4 Å². The lowest BCUT2D eigenvalue weighted by molar-refractivity contribution is 0.649. The van der Waals surface area contributed by atoms with E-state index in [-0.39, 0.29) is 10.8 Å². The average Bonchev–Trinajstić information content (AvgIpc) is 3.45. The van der Waals surface area contributed by atoms with Crippen molar-refractivity contribution in [3.05, 3.63) is 124 Å². The van der Waals surface area contributed by atoms with E-state index in [4.69, 9.17) is 11.6 Å². The molecular weight excluding hydrogens is 482 g/mol. The van der Waals surface area contributed by atoms with Gasteiger partial charge in [-0.2, -0.15) is 0 Å². The molecule has 0 spiro atoms. The summed E-state index contributed by atoms with van der Waals surface area (Å²) in [4.78, 5) is 0. The van der Waals surface area contributed by atoms with Crippen LogP contribution >= 0.6 is 11.6 Å². The second-order valence-corrected chi connectivity index (χ2v) is 12.4. The topological polar surface area (TPSA) is 4.93 Å². The Morgan fingerprint density at radius 1 is 0.553 bits per heavy atom. The minimum absolute atomic E-state index is 0.103. The first-order chi connectivity index (χ1) is 18.3. The van der Waals surface area contributed by atoms with Crippen molar-refractivity contribution in [2.75, 3.05) is 0 Å². The van der Waals surface area contributed by atoms with Crippen molar-refractivity contribution in [1.29, 1.82) is 0 Å². The van der Waals surface area contributed by atoms with Gasteiger partial charge in [-0.25, -0.2) is 0 Å². The molecule has 38 heavy (non-hydrogen) atoms. The van der Waals surface area contributed by atoms with E-state index < -0.39 is 0 Å². The number of benzene rings is 5. The van der Waals surface area contributed by atoms with Crippen LogP contribution in [0, 0.1) is 0 Å². The molecular formula is C36H28ClN. The third-order valence-electron chi connectivity index (χ3n) is 9.22. The van der Waals surface area contributed by atoms with Crippen LogP contribution in [-0.4, -0.2) is 4.57 Å². The summed E-state index contributed by atoms with van der Waals surface area (Å²) in [5.74, 6) is 0. The summed E-state index contributed by atoms with van der Waals surface area (Å²) in [5, 5.41) is 3.37. The van der Waals surface area contributed by atoms with Gasteiger partial charge in [-0.1, -0.05) is 106 Å². The SMILES string of the molecule is CC1(C)c2ccccc2-c2c1cc1c(c2-n2c3ccccc3c3ccccc32)C(C)(C)c2cc(Cl)ccc2-1. The number of hydrogen-bond acceptors (Lipinski definition) is 0. The van der Waals surface area contributed by atoms with Gasteiger partial charge in [0.05, 0.1) is 16.7 Å². The molecule has 0 atom stereocenters. The molecule has 8 rings (SSSR count). The van der Waals surface area contributed by atoms with Gasteiger partial charge in [0.15, 0.2) is 0 Å². The fourth-order valence-corrected chi connectivity index (χ4v) is 7.63. The lowest BCUT2D eigenvalue weighted by atomic mass is 9.78. The molecule has 184 valence electrons. The molecule has 0 fully saturated rings. The lowest BCUT2D eigenvalue weighted by Crippen LogP contribution is -2.20. The molecule has 1 heterocycles. The van der Waals surface area contributed by atoms with Crippen LogP contribution in [0.15, 0.2) is 97.1 Å². The maximum absolute atomic E-state index is 6.60. The smallest absolute Gasteiger partial charge is 0.0590 e. The van der Waals surface area contributed by atoms with E-state index in [9.17, 15) is 0 Å². The van der Waals surface area contributed by atoms with Gasteiger partial charge in [-0.3, -0.25) is 0 Å². The fraction of sp³-hybridized carbons (Fsp3) is 0.167. The predicted octanol–water partition coefficient (Wildman–Crippen LogP) is 10.0. The third-order valence-corrected chi connectivity index (χ3v) is 9.45. The first-order valence-electron chi connectivity index (χ1n) is 13.4. The van der Waals surface area contributed by atoms with E-state index in [1.54, 1.807) is 0 Å². The van der Waals surface area contributed by atoms with Crippen LogP contribution in [-0.2, 0) is 10.8 Å². The molecule has 1 nitrogen and oxygen atoms in total. The Kier molecular flexibility index (Phi) is 4.20. The Morgan fingerprint density at radius 2 is 1.18 bits per heavy atom. The summed E-state index contributed by atoms with van der Waals surface area (Å²) in [5.41, 5.74) is 14.3. The Bertz CT molecular complexity index is 1930. The number of hydrogen-bond donors (Lipinski definition) is 0. The van der Waals surface area contributed by atoms with E-state index in [2.05, 4.69) is 123 Å². The van der Waals surface area contributed by atoms with E-state index in [0.29, 0.717) is 0 Å². The first kappa shape index (κ1) is 22.2.